The van der Waals surface area contributed by atoms with E-state index in [2.05, 4.69) is 15.5 Å². The molecule has 0 aliphatic carbocycles. The molecule has 0 saturated carbocycles. The van der Waals surface area contributed by atoms with E-state index in [1.807, 2.05) is 26.2 Å². The third-order valence-electron chi connectivity index (χ3n) is 3.15. The molecule has 20 heavy (non-hydrogen) atoms. The van der Waals surface area contributed by atoms with Crippen molar-refractivity contribution in [2.75, 3.05) is 56.8 Å². The minimum Gasteiger partial charge on any atom is -0.397 e. The maximum absolute atomic E-state index is 11.3. The molecule has 0 atom stereocenters. The first-order valence-electron chi connectivity index (χ1n) is 6.75. The fraction of sp³-hybridized carbons (Fsp3) is 0.500. The van der Waals surface area contributed by atoms with E-state index in [4.69, 9.17) is 10.5 Å². The summed E-state index contributed by atoms with van der Waals surface area (Å²) in [6, 6.07) is 3.73. The number of nitrogens with one attached hydrogen (secondary N) is 2. The Hall–Kier alpha value is -1.79. The lowest BCUT2D eigenvalue weighted by Crippen LogP contribution is -2.20. The third kappa shape index (κ3) is 3.85. The highest BCUT2D eigenvalue weighted by Gasteiger charge is 2.19. The molecule has 1 heterocycles. The number of hydrogen-bond donors (Lipinski definition) is 3. The summed E-state index contributed by atoms with van der Waals surface area (Å²) in [7, 11) is 4.03. The van der Waals surface area contributed by atoms with Gasteiger partial charge < -0.3 is 26.0 Å². The summed E-state index contributed by atoms with van der Waals surface area (Å²) in [6.07, 6.45) is 0.410. The van der Waals surface area contributed by atoms with Crippen LogP contribution in [0.25, 0.3) is 0 Å². The number of amides is 1. The van der Waals surface area contributed by atoms with Gasteiger partial charge in [-0.2, -0.15) is 0 Å². The summed E-state index contributed by atoms with van der Waals surface area (Å²) in [5.74, 6) is 0.0172. The van der Waals surface area contributed by atoms with Crippen LogP contribution in [0.5, 0.6) is 0 Å². The second-order valence-corrected chi connectivity index (χ2v) is 5.16. The number of nitrogen functional groups attached to an aromatic ring is 1. The Balaban J connectivity index is 1.79. The number of rotatable bonds is 7. The van der Waals surface area contributed by atoms with Gasteiger partial charge >= 0.3 is 0 Å². The van der Waals surface area contributed by atoms with Crippen LogP contribution in [0, 0.1) is 0 Å². The SMILES string of the molecule is CN(C)CCOCCNc1cc2c(cc1N)CC(=O)N2. The number of nitrogens with two attached hydrogens (primary N) is 1. The van der Waals surface area contributed by atoms with Crippen LogP contribution in [0.1, 0.15) is 5.56 Å². The average molecular weight is 278 g/mol. The molecule has 0 unspecified atom stereocenters. The molecular weight excluding hydrogens is 256 g/mol. The molecule has 0 bridgehead atoms. The van der Waals surface area contributed by atoms with Crippen LogP contribution in [0.15, 0.2) is 12.1 Å². The zero-order valence-electron chi connectivity index (χ0n) is 12.0. The van der Waals surface area contributed by atoms with Crippen molar-refractivity contribution in [2.24, 2.45) is 0 Å². The van der Waals surface area contributed by atoms with Crippen LogP contribution in [-0.4, -0.2) is 51.2 Å². The van der Waals surface area contributed by atoms with Gasteiger partial charge in [-0.05, 0) is 31.8 Å². The van der Waals surface area contributed by atoms with E-state index in [-0.39, 0.29) is 5.91 Å². The maximum atomic E-state index is 11.3. The Morgan fingerprint density at radius 3 is 2.95 bits per heavy atom. The summed E-state index contributed by atoms with van der Waals surface area (Å²) < 4.78 is 5.50. The minimum atomic E-state index is 0.0172. The molecule has 0 fully saturated rings. The molecule has 2 rings (SSSR count). The molecule has 6 heteroatoms. The first-order chi connectivity index (χ1) is 9.56. The van der Waals surface area contributed by atoms with Crippen LogP contribution in [0.4, 0.5) is 17.1 Å². The molecule has 1 aromatic rings. The molecule has 1 aliphatic heterocycles. The van der Waals surface area contributed by atoms with E-state index in [0.717, 1.165) is 23.5 Å². The molecule has 4 N–H and O–H groups in total. The smallest absolute Gasteiger partial charge is 0.228 e. The van der Waals surface area contributed by atoms with Gasteiger partial charge in [0.25, 0.3) is 0 Å². The second kappa shape index (κ2) is 6.58. The topological polar surface area (TPSA) is 79.6 Å². The van der Waals surface area contributed by atoms with Gasteiger partial charge in [-0.25, -0.2) is 0 Å². The molecule has 0 aromatic heterocycles. The highest BCUT2D eigenvalue weighted by atomic mass is 16.5. The predicted molar refractivity (Wildman–Crippen MR) is 81.1 cm³/mol. The maximum Gasteiger partial charge on any atom is 0.228 e. The Morgan fingerprint density at radius 1 is 1.40 bits per heavy atom. The van der Waals surface area contributed by atoms with Gasteiger partial charge in [0.15, 0.2) is 0 Å². The number of carbonyl (C=O) groups excluding carboxylic acids is 1. The van der Waals surface area contributed by atoms with Gasteiger partial charge in [0.1, 0.15) is 0 Å². The van der Waals surface area contributed by atoms with Crippen molar-refractivity contribution in [1.82, 2.24) is 4.90 Å². The fourth-order valence-electron chi connectivity index (χ4n) is 2.05. The van der Waals surface area contributed by atoms with Gasteiger partial charge in [0.2, 0.25) is 5.91 Å². The zero-order chi connectivity index (χ0) is 14.5. The van der Waals surface area contributed by atoms with Crippen LogP contribution < -0.4 is 16.4 Å². The fourth-order valence-corrected chi connectivity index (χ4v) is 2.05. The number of likely N-dealkylation sites (N-methyl/N-ethyl adjacent to an activating group) is 1. The lowest BCUT2D eigenvalue weighted by molar-refractivity contribution is -0.115. The van der Waals surface area contributed by atoms with Crippen LogP contribution >= 0.6 is 0 Å². The largest absolute Gasteiger partial charge is 0.397 e. The highest BCUT2D eigenvalue weighted by molar-refractivity contribution is 6.00. The number of carbonyl (C=O) groups is 1. The molecule has 110 valence electrons. The third-order valence-corrected chi connectivity index (χ3v) is 3.15. The van der Waals surface area contributed by atoms with Gasteiger partial charge in [-0.15, -0.1) is 0 Å². The van der Waals surface area contributed by atoms with E-state index in [9.17, 15) is 4.79 Å². The number of hydrogen-bond acceptors (Lipinski definition) is 5. The highest BCUT2D eigenvalue weighted by Crippen LogP contribution is 2.31. The molecule has 0 radical (unpaired) electrons. The number of fused-ring (bicyclic) bond motifs is 1. The summed E-state index contributed by atoms with van der Waals surface area (Å²) in [4.78, 5) is 13.4. The van der Waals surface area contributed by atoms with Gasteiger partial charge in [0, 0.05) is 18.8 Å². The first kappa shape index (κ1) is 14.6. The number of anilines is 3. The predicted octanol–water partition coefficient (Wildman–Crippen LogP) is 0.754. The molecule has 1 aromatic carbocycles. The zero-order valence-corrected chi connectivity index (χ0v) is 12.0. The first-order valence-corrected chi connectivity index (χ1v) is 6.75. The van der Waals surface area contributed by atoms with Crippen molar-refractivity contribution >= 4 is 23.0 Å². The monoisotopic (exact) mass is 278 g/mol. The van der Waals surface area contributed by atoms with Gasteiger partial charge in [-0.3, -0.25) is 4.79 Å². The van der Waals surface area contributed by atoms with Crippen LogP contribution in [-0.2, 0) is 16.0 Å². The average Bonchev–Trinajstić information content (AvgIpc) is 2.72. The lowest BCUT2D eigenvalue weighted by atomic mass is 10.1. The molecule has 0 spiro atoms. The van der Waals surface area contributed by atoms with Gasteiger partial charge in [0.05, 0.1) is 31.0 Å². The van der Waals surface area contributed by atoms with Crippen LogP contribution in [0.3, 0.4) is 0 Å². The van der Waals surface area contributed by atoms with Crippen molar-refractivity contribution in [1.29, 1.82) is 0 Å². The number of nitrogens with zero attached hydrogens (tertiary/aromatic N) is 1. The standard InChI is InChI=1S/C14H22N4O2/c1-18(2)4-6-20-5-3-16-13-9-12-10(7-11(13)15)8-14(19)17-12/h7,9,16H,3-6,8,15H2,1-2H3,(H,17,19). The minimum absolute atomic E-state index is 0.0172. The lowest BCUT2D eigenvalue weighted by Gasteiger charge is -2.13. The number of ether oxygens (including phenoxy) is 1. The second-order valence-electron chi connectivity index (χ2n) is 5.16. The Kier molecular flexibility index (Phi) is 4.81. The Morgan fingerprint density at radius 2 is 2.20 bits per heavy atom. The summed E-state index contributed by atoms with van der Waals surface area (Å²) >= 11 is 0. The van der Waals surface area contributed by atoms with Crippen LogP contribution in [0.2, 0.25) is 0 Å². The van der Waals surface area contributed by atoms with Crippen molar-refractivity contribution in [3.8, 4) is 0 Å². The quantitative estimate of drug-likeness (QED) is 0.507. The van der Waals surface area contributed by atoms with Crippen molar-refractivity contribution in [3.63, 3.8) is 0 Å². The normalized spacial score (nSPS) is 13.4. The van der Waals surface area contributed by atoms with Crippen molar-refractivity contribution < 1.29 is 9.53 Å². The summed E-state index contributed by atoms with van der Waals surface area (Å²) in [5, 5.41) is 6.05. The summed E-state index contributed by atoms with van der Waals surface area (Å²) in [6.45, 7) is 2.93. The molecular formula is C14H22N4O2. The van der Waals surface area contributed by atoms with E-state index >= 15 is 0 Å². The van der Waals surface area contributed by atoms with E-state index in [1.165, 1.54) is 0 Å². The summed E-state index contributed by atoms with van der Waals surface area (Å²) in [5.41, 5.74) is 9.27. The van der Waals surface area contributed by atoms with E-state index in [0.29, 0.717) is 31.9 Å². The van der Waals surface area contributed by atoms with Crippen molar-refractivity contribution in [2.45, 2.75) is 6.42 Å². The molecule has 0 saturated heterocycles. The van der Waals surface area contributed by atoms with E-state index < -0.39 is 0 Å². The molecule has 1 amide bonds. The molecule has 6 nitrogen and oxygen atoms in total. The molecule has 1 aliphatic rings. The van der Waals surface area contributed by atoms with Gasteiger partial charge in [-0.1, -0.05) is 0 Å². The Labute approximate surface area is 119 Å². The van der Waals surface area contributed by atoms with Crippen molar-refractivity contribution in [3.05, 3.63) is 17.7 Å². The number of benzene rings is 1. The Bertz CT molecular complexity index is 488. The van der Waals surface area contributed by atoms with E-state index in [1.54, 1.807) is 0 Å².